The number of unbranched alkanes of at least 4 members (excludes halogenated alkanes) is 1. The van der Waals surface area contributed by atoms with Gasteiger partial charge in [-0.2, -0.15) is 5.10 Å². The first-order chi connectivity index (χ1) is 19.0. The minimum absolute atomic E-state index is 0.255. The molecule has 0 unspecified atom stereocenters. The summed E-state index contributed by atoms with van der Waals surface area (Å²) in [6.45, 7) is 2.70. The van der Waals surface area contributed by atoms with E-state index in [0.717, 1.165) is 24.0 Å². The van der Waals surface area contributed by atoms with Gasteiger partial charge in [-0.05, 0) is 66.1 Å². The highest BCUT2D eigenvalue weighted by molar-refractivity contribution is 6.24. The Morgan fingerprint density at radius 3 is 2.31 bits per heavy atom. The molecule has 0 saturated carbocycles. The molecular formula is C31H29N3O5. The van der Waals surface area contributed by atoms with Crippen LogP contribution in [-0.4, -0.2) is 48.6 Å². The number of nitrogens with zero attached hydrogens (tertiary/aromatic N) is 3. The van der Waals surface area contributed by atoms with Crippen LogP contribution in [0.3, 0.4) is 0 Å². The molecule has 0 spiro atoms. The van der Waals surface area contributed by atoms with E-state index in [1.54, 1.807) is 66.9 Å². The number of hydrogen-bond acceptors (Lipinski definition) is 7. The third-order valence-electron chi connectivity index (χ3n) is 7.80. The van der Waals surface area contributed by atoms with Crippen LogP contribution in [0, 0.1) is 11.8 Å². The van der Waals surface area contributed by atoms with E-state index in [0.29, 0.717) is 29.4 Å². The van der Waals surface area contributed by atoms with Gasteiger partial charge in [-0.1, -0.05) is 37.6 Å². The van der Waals surface area contributed by atoms with E-state index in [4.69, 9.17) is 9.47 Å². The van der Waals surface area contributed by atoms with Gasteiger partial charge in [0.15, 0.2) is 5.78 Å². The number of rotatable bonds is 8. The van der Waals surface area contributed by atoms with Gasteiger partial charge >= 0.3 is 0 Å². The van der Waals surface area contributed by atoms with Gasteiger partial charge in [-0.25, -0.2) is 4.90 Å². The second-order valence-corrected chi connectivity index (χ2v) is 10.00. The number of fused-ring (bicyclic) bond motifs is 5. The summed E-state index contributed by atoms with van der Waals surface area (Å²) >= 11 is 0. The summed E-state index contributed by atoms with van der Waals surface area (Å²) in [5.41, 5.74) is 2.66. The SMILES string of the molecule is CCCCOc1ccc(N2C(=O)[C@@H]3[C@H](C2=O)[C@H](C(=O)c2ccc(OC)cc2)N2N=Cc4ccccc4[C@@H]32)cc1. The van der Waals surface area contributed by atoms with E-state index in [1.165, 1.54) is 4.90 Å². The molecule has 2 fully saturated rings. The Balaban J connectivity index is 1.38. The molecule has 3 aliphatic heterocycles. The Kier molecular flexibility index (Phi) is 6.38. The topological polar surface area (TPSA) is 88.5 Å². The highest BCUT2D eigenvalue weighted by Gasteiger charge is 2.65. The molecule has 8 nitrogen and oxygen atoms in total. The standard InChI is InChI=1S/C31H29N3O5/c1-3-4-17-39-23-15-11-21(12-16-23)33-30(36)25-26(31(33)37)28(29(35)19-9-13-22(38-2)14-10-19)34-27(25)24-8-6-5-7-20(24)18-32-34/h5-16,18,25-28H,3-4,17H2,1-2H3/t25-,26+,27+,28-/m1/s1. The van der Waals surface area contributed by atoms with Crippen LogP contribution in [0.5, 0.6) is 11.5 Å². The van der Waals surface area contributed by atoms with E-state index >= 15 is 0 Å². The van der Waals surface area contributed by atoms with Crippen molar-refractivity contribution in [2.75, 3.05) is 18.6 Å². The molecule has 4 atom stereocenters. The summed E-state index contributed by atoms with van der Waals surface area (Å²) in [7, 11) is 1.56. The number of amides is 2. The molecule has 0 aliphatic carbocycles. The van der Waals surface area contributed by atoms with E-state index < -0.39 is 29.8 Å². The Labute approximate surface area is 226 Å². The Hall–Kier alpha value is -4.46. The van der Waals surface area contributed by atoms with Crippen molar-refractivity contribution in [2.45, 2.75) is 31.8 Å². The van der Waals surface area contributed by atoms with Gasteiger partial charge in [-0.3, -0.25) is 19.4 Å². The fourth-order valence-corrected chi connectivity index (χ4v) is 5.87. The molecule has 3 heterocycles. The number of carbonyl (C=O) groups excluding carboxylic acids is 3. The molecule has 0 radical (unpaired) electrons. The monoisotopic (exact) mass is 523 g/mol. The molecule has 2 saturated heterocycles. The van der Waals surface area contributed by atoms with Crippen LogP contribution in [0.25, 0.3) is 0 Å². The third kappa shape index (κ3) is 4.07. The fraction of sp³-hybridized carbons (Fsp3) is 0.290. The molecule has 0 aromatic heterocycles. The predicted octanol–water partition coefficient (Wildman–Crippen LogP) is 4.64. The smallest absolute Gasteiger partial charge is 0.240 e. The lowest BCUT2D eigenvalue weighted by Crippen LogP contribution is -2.44. The summed E-state index contributed by atoms with van der Waals surface area (Å²) in [6.07, 6.45) is 3.67. The second kappa shape index (κ2) is 10.0. The first-order valence-corrected chi connectivity index (χ1v) is 13.2. The Bertz CT molecular complexity index is 1450. The highest BCUT2D eigenvalue weighted by Crippen LogP contribution is 2.53. The predicted molar refractivity (Wildman–Crippen MR) is 146 cm³/mol. The molecular weight excluding hydrogens is 494 g/mol. The lowest BCUT2D eigenvalue weighted by atomic mass is 9.83. The van der Waals surface area contributed by atoms with Crippen LogP contribution < -0.4 is 14.4 Å². The Morgan fingerprint density at radius 1 is 0.897 bits per heavy atom. The maximum Gasteiger partial charge on any atom is 0.240 e. The van der Waals surface area contributed by atoms with Gasteiger partial charge in [0.1, 0.15) is 17.5 Å². The second-order valence-electron chi connectivity index (χ2n) is 10.00. The Morgan fingerprint density at radius 2 is 1.59 bits per heavy atom. The maximum absolute atomic E-state index is 14.0. The van der Waals surface area contributed by atoms with Gasteiger partial charge in [0.25, 0.3) is 0 Å². The molecule has 3 aromatic carbocycles. The van der Waals surface area contributed by atoms with Crippen molar-refractivity contribution in [1.82, 2.24) is 5.01 Å². The van der Waals surface area contributed by atoms with Crippen molar-refractivity contribution in [3.8, 4) is 11.5 Å². The number of ether oxygens (including phenoxy) is 2. The summed E-state index contributed by atoms with van der Waals surface area (Å²) < 4.78 is 11.0. The first kappa shape index (κ1) is 24.9. The lowest BCUT2D eigenvalue weighted by Gasteiger charge is -2.33. The quantitative estimate of drug-likeness (QED) is 0.243. The van der Waals surface area contributed by atoms with Gasteiger partial charge in [0.2, 0.25) is 11.8 Å². The molecule has 0 bridgehead atoms. The molecule has 0 N–H and O–H groups in total. The maximum atomic E-state index is 14.0. The average molecular weight is 524 g/mol. The number of benzene rings is 3. The van der Waals surface area contributed by atoms with Crippen molar-refractivity contribution < 1.29 is 23.9 Å². The van der Waals surface area contributed by atoms with Crippen molar-refractivity contribution in [3.05, 3.63) is 89.5 Å². The van der Waals surface area contributed by atoms with E-state index in [-0.39, 0.29) is 11.7 Å². The van der Waals surface area contributed by atoms with Crippen LogP contribution in [-0.2, 0) is 9.59 Å². The van der Waals surface area contributed by atoms with Crippen LogP contribution in [0.1, 0.15) is 47.3 Å². The van der Waals surface area contributed by atoms with Crippen LogP contribution >= 0.6 is 0 Å². The summed E-state index contributed by atoms with van der Waals surface area (Å²) in [5, 5.41) is 6.28. The molecule has 198 valence electrons. The molecule has 3 aliphatic rings. The van der Waals surface area contributed by atoms with Gasteiger partial charge in [0, 0.05) is 5.56 Å². The normalized spacial score (nSPS) is 22.9. The molecule has 3 aromatic rings. The van der Waals surface area contributed by atoms with Crippen LogP contribution in [0.4, 0.5) is 5.69 Å². The van der Waals surface area contributed by atoms with E-state index in [1.807, 2.05) is 24.3 Å². The largest absolute Gasteiger partial charge is 0.497 e. The number of carbonyl (C=O) groups is 3. The molecule has 2 amide bonds. The molecule has 6 rings (SSSR count). The summed E-state index contributed by atoms with van der Waals surface area (Å²) in [6, 6.07) is 20.0. The minimum atomic E-state index is -0.920. The van der Waals surface area contributed by atoms with Crippen molar-refractivity contribution in [1.29, 1.82) is 0 Å². The van der Waals surface area contributed by atoms with Crippen molar-refractivity contribution in [2.24, 2.45) is 16.9 Å². The molecule has 39 heavy (non-hydrogen) atoms. The van der Waals surface area contributed by atoms with Gasteiger partial charge in [-0.15, -0.1) is 0 Å². The average Bonchev–Trinajstić information content (AvgIpc) is 3.45. The number of hydrazone groups is 1. The summed E-state index contributed by atoms with van der Waals surface area (Å²) in [4.78, 5) is 43.2. The zero-order chi connectivity index (χ0) is 27.1. The van der Waals surface area contributed by atoms with E-state index in [9.17, 15) is 14.4 Å². The number of methoxy groups -OCH3 is 1. The third-order valence-corrected chi connectivity index (χ3v) is 7.80. The zero-order valence-electron chi connectivity index (χ0n) is 21.8. The number of ketones is 1. The van der Waals surface area contributed by atoms with Crippen molar-refractivity contribution >= 4 is 29.5 Å². The van der Waals surface area contributed by atoms with Gasteiger partial charge in [0.05, 0.1) is 43.5 Å². The number of Topliss-reactive ketones (excluding diaryl/α,β-unsaturated/α-hetero) is 1. The fourth-order valence-electron chi connectivity index (χ4n) is 5.87. The number of imide groups is 1. The lowest BCUT2D eigenvalue weighted by molar-refractivity contribution is -0.124. The summed E-state index contributed by atoms with van der Waals surface area (Å²) in [5.74, 6) is -1.28. The van der Waals surface area contributed by atoms with Crippen molar-refractivity contribution in [3.63, 3.8) is 0 Å². The molecule has 8 heteroatoms. The van der Waals surface area contributed by atoms with Gasteiger partial charge < -0.3 is 9.47 Å². The zero-order valence-corrected chi connectivity index (χ0v) is 21.8. The highest BCUT2D eigenvalue weighted by atomic mass is 16.5. The first-order valence-electron chi connectivity index (χ1n) is 13.2. The number of hydrogen-bond donors (Lipinski definition) is 0. The minimum Gasteiger partial charge on any atom is -0.497 e. The number of anilines is 1. The van der Waals surface area contributed by atoms with Crippen LogP contribution in [0.2, 0.25) is 0 Å². The van der Waals surface area contributed by atoms with Crippen LogP contribution in [0.15, 0.2) is 77.9 Å². The van der Waals surface area contributed by atoms with E-state index in [2.05, 4.69) is 12.0 Å².